The average Bonchev–Trinajstić information content (AvgIpc) is 2.95. The zero-order valence-corrected chi connectivity index (χ0v) is 12.2. The van der Waals surface area contributed by atoms with E-state index in [-0.39, 0.29) is 6.84 Å². The molecule has 2 aliphatic rings. The van der Waals surface area contributed by atoms with Crippen LogP contribution >= 0.6 is 0 Å². The van der Waals surface area contributed by atoms with Crippen molar-refractivity contribution in [3.63, 3.8) is 0 Å². The predicted molar refractivity (Wildman–Crippen MR) is 81.2 cm³/mol. The molecular formula is C16H26N2O. The third-order valence-corrected chi connectivity index (χ3v) is 4.90. The second-order valence-electron chi connectivity index (χ2n) is 6.31. The fourth-order valence-corrected chi connectivity index (χ4v) is 3.63. The van der Waals surface area contributed by atoms with E-state index in [0.29, 0.717) is 0 Å². The van der Waals surface area contributed by atoms with Gasteiger partial charge in [-0.05, 0) is 56.6 Å². The Morgan fingerprint density at radius 3 is 3.05 bits per heavy atom. The van der Waals surface area contributed by atoms with Crippen LogP contribution in [-0.4, -0.2) is 38.2 Å². The number of anilines is 1. The molecule has 1 aromatic rings. The maximum absolute atomic E-state index is 5.39. The lowest BCUT2D eigenvalue weighted by Gasteiger charge is -2.31. The molecule has 1 fully saturated rings. The van der Waals surface area contributed by atoms with Crippen LogP contribution in [-0.2, 0) is 5.41 Å². The van der Waals surface area contributed by atoms with E-state index in [1.54, 1.807) is 7.11 Å². The summed E-state index contributed by atoms with van der Waals surface area (Å²) in [7, 11) is 4.00. The van der Waals surface area contributed by atoms with Gasteiger partial charge in [-0.2, -0.15) is 0 Å². The van der Waals surface area contributed by atoms with Gasteiger partial charge in [0.2, 0.25) is 0 Å². The van der Waals surface area contributed by atoms with Crippen molar-refractivity contribution < 1.29 is 6.16 Å². The Kier molecular flexibility index (Phi) is 3.17. The highest BCUT2D eigenvalue weighted by Gasteiger charge is 2.38. The molecule has 0 aliphatic carbocycles. The van der Waals surface area contributed by atoms with Crippen molar-refractivity contribution in [1.82, 2.24) is 4.90 Å². The average molecular weight is 262 g/mol. The molecule has 3 nitrogen and oxygen atoms in total. The molecule has 2 aliphatic heterocycles. The Hall–Kier alpha value is -1.22. The van der Waals surface area contributed by atoms with Gasteiger partial charge in [-0.15, -0.1) is 0 Å². The second-order valence-corrected chi connectivity index (χ2v) is 6.31. The van der Waals surface area contributed by atoms with E-state index in [1.807, 2.05) is 6.07 Å². The Morgan fingerprint density at radius 2 is 2.37 bits per heavy atom. The molecular weight excluding hydrogens is 236 g/mol. The van der Waals surface area contributed by atoms with Crippen LogP contribution in [0.25, 0.3) is 0 Å². The molecule has 1 unspecified atom stereocenters. The summed E-state index contributed by atoms with van der Waals surface area (Å²) in [4.78, 5) is 2.52. The summed E-state index contributed by atoms with van der Waals surface area (Å²) in [6, 6.07) is 7.13. The maximum atomic E-state index is 5.39. The zero-order valence-electron chi connectivity index (χ0n) is 12.2. The van der Waals surface area contributed by atoms with Crippen LogP contribution in [0.3, 0.4) is 0 Å². The number of benzene rings is 1. The molecule has 0 aromatic heterocycles. The van der Waals surface area contributed by atoms with Gasteiger partial charge in [-0.25, -0.2) is 0 Å². The van der Waals surface area contributed by atoms with Crippen molar-refractivity contribution in [2.45, 2.75) is 37.6 Å². The highest BCUT2D eigenvalue weighted by molar-refractivity contribution is 5.62. The van der Waals surface area contributed by atoms with Gasteiger partial charge < -0.3 is 15.0 Å². The maximum Gasteiger partial charge on any atom is 0.119 e. The fourth-order valence-electron chi connectivity index (χ4n) is 3.63. The normalized spacial score (nSPS) is 30.2. The van der Waals surface area contributed by atoms with E-state index in [0.717, 1.165) is 18.3 Å². The van der Waals surface area contributed by atoms with E-state index in [2.05, 4.69) is 36.3 Å². The van der Waals surface area contributed by atoms with Gasteiger partial charge in [0.25, 0.3) is 0 Å². The molecule has 19 heavy (non-hydrogen) atoms. The number of nitrogens with zero attached hydrogens (tertiary/aromatic N) is 1. The van der Waals surface area contributed by atoms with E-state index < -0.39 is 0 Å². The van der Waals surface area contributed by atoms with Gasteiger partial charge in [-0.3, -0.25) is 0 Å². The number of hydrogen-bond donors (Lipinski definition) is 1. The van der Waals surface area contributed by atoms with E-state index in [1.165, 1.54) is 37.1 Å². The number of fused-ring (bicyclic) bond motifs is 1. The number of ether oxygens (including phenoxy) is 1. The van der Waals surface area contributed by atoms with Crippen LogP contribution in [0.5, 0.6) is 5.75 Å². The van der Waals surface area contributed by atoms with Crippen molar-refractivity contribution in [2.75, 3.05) is 32.6 Å². The lowest BCUT2D eigenvalue weighted by atomic mass is 9.78. The quantitative estimate of drug-likeness (QED) is 0.906. The Balaban J connectivity index is 0.00000147. The first kappa shape index (κ1) is 12.8. The second kappa shape index (κ2) is 4.71. The van der Waals surface area contributed by atoms with Gasteiger partial charge in [-0.1, -0.05) is 6.92 Å². The molecule has 2 atom stereocenters. The van der Waals surface area contributed by atoms with Crippen LogP contribution < -0.4 is 10.1 Å². The van der Waals surface area contributed by atoms with Crippen molar-refractivity contribution in [1.29, 1.82) is 0 Å². The van der Waals surface area contributed by atoms with Gasteiger partial charge in [0.05, 0.1) is 7.11 Å². The first-order valence-electron chi connectivity index (χ1n) is 7.25. The molecule has 3 heteroatoms. The van der Waals surface area contributed by atoms with E-state index in [4.69, 9.17) is 4.74 Å². The highest BCUT2D eigenvalue weighted by atomic mass is 16.5. The molecule has 2 heterocycles. The summed E-state index contributed by atoms with van der Waals surface area (Å²) in [5.41, 5.74) is 2.93. The van der Waals surface area contributed by atoms with Gasteiger partial charge in [0, 0.05) is 25.1 Å². The van der Waals surface area contributed by atoms with Gasteiger partial charge >= 0.3 is 0 Å². The number of hydrogen-bond acceptors (Lipinski definition) is 3. The molecule has 1 N–H and O–H groups in total. The summed E-state index contributed by atoms with van der Waals surface area (Å²) in [6.07, 6.45) is 3.91. The zero-order chi connectivity index (χ0) is 13.5. The number of methoxy groups -OCH3 is 1. The minimum atomic E-state index is 0. The largest absolute Gasteiger partial charge is 0.497 e. The summed E-state index contributed by atoms with van der Waals surface area (Å²) >= 11 is 0. The third kappa shape index (κ3) is 2.20. The molecule has 0 spiro atoms. The number of rotatable bonds is 3. The first-order valence-corrected chi connectivity index (χ1v) is 7.25. The fraction of sp³-hybridized carbons (Fsp3) is 0.625. The summed E-state index contributed by atoms with van der Waals surface area (Å²) in [5, 5.41) is 3.56. The molecule has 3 rings (SSSR count). The number of nitrogens with one attached hydrogen (secondary N) is 1. The monoisotopic (exact) mass is 262 g/mol. The molecule has 0 saturated carbocycles. The molecule has 1 aromatic carbocycles. The first-order chi connectivity index (χ1) is 9.12. The Bertz CT molecular complexity index is 480. The lowest BCUT2D eigenvalue weighted by Crippen LogP contribution is -2.35. The molecule has 1 saturated heterocycles. The van der Waals surface area contributed by atoms with Crippen molar-refractivity contribution in [3.8, 4) is 5.75 Å². The summed E-state index contributed by atoms with van der Waals surface area (Å²) in [5.74, 6) is 0.966. The van der Waals surface area contributed by atoms with Gasteiger partial charge in [0.15, 0.2) is 0 Å². The van der Waals surface area contributed by atoms with Crippen LogP contribution in [0.4, 0.5) is 5.69 Å². The number of likely N-dealkylation sites (tertiary alicyclic amines) is 1. The summed E-state index contributed by atoms with van der Waals surface area (Å²) < 4.78 is 5.39. The minimum Gasteiger partial charge on any atom is -0.497 e. The molecule has 0 bridgehead atoms. The standard InChI is InChI=1S/C16H24N2O.H2/c1-16(10-12-5-4-8-18(12)2)11-17-15-7-6-13(19-3)9-14(15)16;/h6-7,9,12,17H,4-5,8,10-11H2,1-3H3;1H/t12-,16?;/m0./s1. The summed E-state index contributed by atoms with van der Waals surface area (Å²) in [6.45, 7) is 4.68. The molecule has 0 radical (unpaired) electrons. The van der Waals surface area contributed by atoms with Crippen molar-refractivity contribution in [2.24, 2.45) is 0 Å². The van der Waals surface area contributed by atoms with Crippen LogP contribution in [0.1, 0.15) is 33.2 Å². The van der Waals surface area contributed by atoms with Crippen LogP contribution in [0, 0.1) is 0 Å². The van der Waals surface area contributed by atoms with E-state index >= 15 is 0 Å². The van der Waals surface area contributed by atoms with Crippen molar-refractivity contribution >= 4 is 5.69 Å². The highest BCUT2D eigenvalue weighted by Crippen LogP contribution is 2.43. The van der Waals surface area contributed by atoms with Crippen LogP contribution in [0.15, 0.2) is 18.2 Å². The lowest BCUT2D eigenvalue weighted by molar-refractivity contribution is 0.254. The topological polar surface area (TPSA) is 24.5 Å². The SMILES string of the molecule is COc1ccc2c(c1)C(C)(C[C@@H]1CCCN1C)CN2.[HH]. The Labute approximate surface area is 117 Å². The van der Waals surface area contributed by atoms with E-state index in [9.17, 15) is 0 Å². The molecule has 106 valence electrons. The molecule has 0 amide bonds. The van der Waals surface area contributed by atoms with Crippen LogP contribution in [0.2, 0.25) is 0 Å². The minimum absolute atomic E-state index is 0. The van der Waals surface area contributed by atoms with Gasteiger partial charge in [0.1, 0.15) is 5.75 Å². The van der Waals surface area contributed by atoms with Crippen molar-refractivity contribution in [3.05, 3.63) is 23.8 Å². The predicted octanol–water partition coefficient (Wildman–Crippen LogP) is 3.11. The smallest absolute Gasteiger partial charge is 0.119 e. The Morgan fingerprint density at radius 1 is 1.53 bits per heavy atom. The third-order valence-electron chi connectivity index (χ3n) is 4.90.